The molecule has 1 aliphatic rings. The van der Waals surface area contributed by atoms with Gasteiger partial charge in [0, 0.05) is 32.7 Å². The molecular formula is C19H33IN4O3S. The molecule has 0 amide bonds. The molecule has 0 saturated carbocycles. The summed E-state index contributed by atoms with van der Waals surface area (Å²) in [6.45, 7) is 10.1. The first kappa shape index (κ1) is 25.0. The summed E-state index contributed by atoms with van der Waals surface area (Å²) < 4.78 is 28.9. The Labute approximate surface area is 186 Å². The van der Waals surface area contributed by atoms with E-state index in [1.54, 1.807) is 0 Å². The molecule has 0 spiro atoms. The molecule has 0 radical (unpaired) electrons. The SMILES string of the molecule is CCNC(=NCC(C)Oc1ccccc1C)NCCN1CCS(=O)(=O)CC1.I. The van der Waals surface area contributed by atoms with E-state index in [1.807, 2.05) is 45.0 Å². The van der Waals surface area contributed by atoms with Crippen LogP contribution in [0.25, 0.3) is 0 Å². The van der Waals surface area contributed by atoms with Crippen molar-refractivity contribution in [1.82, 2.24) is 15.5 Å². The van der Waals surface area contributed by atoms with Gasteiger partial charge in [-0.15, -0.1) is 24.0 Å². The number of hydrogen-bond acceptors (Lipinski definition) is 5. The Morgan fingerprint density at radius 1 is 1.25 bits per heavy atom. The summed E-state index contributed by atoms with van der Waals surface area (Å²) in [5.74, 6) is 2.16. The van der Waals surface area contributed by atoms with E-state index in [4.69, 9.17) is 4.74 Å². The van der Waals surface area contributed by atoms with Crippen molar-refractivity contribution in [3.05, 3.63) is 29.8 Å². The topological polar surface area (TPSA) is 83.0 Å². The number of benzene rings is 1. The zero-order valence-electron chi connectivity index (χ0n) is 17.0. The lowest BCUT2D eigenvalue weighted by Crippen LogP contribution is -2.46. The van der Waals surface area contributed by atoms with Gasteiger partial charge in [0.2, 0.25) is 0 Å². The summed E-state index contributed by atoms with van der Waals surface area (Å²) in [4.78, 5) is 6.77. The number of halogens is 1. The molecule has 1 aliphatic heterocycles. The van der Waals surface area contributed by atoms with Gasteiger partial charge in [-0.1, -0.05) is 18.2 Å². The number of sulfone groups is 1. The number of aryl methyl sites for hydroxylation is 1. The second-order valence-corrected chi connectivity index (χ2v) is 9.14. The van der Waals surface area contributed by atoms with Crippen molar-refractivity contribution >= 4 is 39.8 Å². The smallest absolute Gasteiger partial charge is 0.191 e. The van der Waals surface area contributed by atoms with Gasteiger partial charge < -0.3 is 15.4 Å². The van der Waals surface area contributed by atoms with Crippen LogP contribution >= 0.6 is 24.0 Å². The molecule has 28 heavy (non-hydrogen) atoms. The number of rotatable bonds is 8. The van der Waals surface area contributed by atoms with Crippen LogP contribution in [0.1, 0.15) is 19.4 Å². The third-order valence-corrected chi connectivity index (χ3v) is 6.04. The van der Waals surface area contributed by atoms with Crippen molar-refractivity contribution < 1.29 is 13.2 Å². The van der Waals surface area contributed by atoms with Gasteiger partial charge in [-0.25, -0.2) is 13.4 Å². The van der Waals surface area contributed by atoms with Gasteiger partial charge in [-0.3, -0.25) is 4.90 Å². The lowest BCUT2D eigenvalue weighted by atomic mass is 10.2. The molecule has 0 aliphatic carbocycles. The van der Waals surface area contributed by atoms with Crippen molar-refractivity contribution in [2.24, 2.45) is 4.99 Å². The first-order chi connectivity index (χ1) is 12.9. The second kappa shape index (κ2) is 12.5. The summed E-state index contributed by atoms with van der Waals surface area (Å²) in [5.41, 5.74) is 1.11. The Bertz CT molecular complexity index is 714. The average molecular weight is 524 g/mol. The Kier molecular flexibility index (Phi) is 11.1. The maximum Gasteiger partial charge on any atom is 0.191 e. The van der Waals surface area contributed by atoms with Crippen LogP contribution < -0.4 is 15.4 Å². The fourth-order valence-electron chi connectivity index (χ4n) is 2.81. The van der Waals surface area contributed by atoms with E-state index >= 15 is 0 Å². The van der Waals surface area contributed by atoms with Gasteiger partial charge in [0.1, 0.15) is 11.9 Å². The number of nitrogens with zero attached hydrogens (tertiary/aromatic N) is 2. The van der Waals surface area contributed by atoms with Crippen LogP contribution in [0.4, 0.5) is 0 Å². The first-order valence-corrected chi connectivity index (χ1v) is 11.4. The third-order valence-electron chi connectivity index (χ3n) is 4.43. The van der Waals surface area contributed by atoms with Crippen LogP contribution in [0, 0.1) is 6.92 Å². The minimum absolute atomic E-state index is 0. The Hall–Kier alpha value is -1.07. The van der Waals surface area contributed by atoms with Crippen LogP contribution in [0.15, 0.2) is 29.3 Å². The lowest BCUT2D eigenvalue weighted by Gasteiger charge is -2.26. The van der Waals surface area contributed by atoms with Gasteiger partial charge in [-0.2, -0.15) is 0 Å². The quantitative estimate of drug-likeness (QED) is 0.306. The predicted molar refractivity (Wildman–Crippen MR) is 126 cm³/mol. The van der Waals surface area contributed by atoms with Gasteiger partial charge in [-0.05, 0) is 32.4 Å². The first-order valence-electron chi connectivity index (χ1n) is 9.57. The van der Waals surface area contributed by atoms with E-state index in [2.05, 4.69) is 20.5 Å². The second-order valence-electron chi connectivity index (χ2n) is 6.83. The van der Waals surface area contributed by atoms with E-state index in [9.17, 15) is 8.42 Å². The van der Waals surface area contributed by atoms with Crippen LogP contribution in [-0.2, 0) is 9.84 Å². The Balaban J connectivity index is 0.00000392. The fourth-order valence-corrected chi connectivity index (χ4v) is 4.09. The number of para-hydroxylation sites is 1. The normalized spacial score (nSPS) is 18.0. The van der Waals surface area contributed by atoms with Crippen molar-refractivity contribution in [2.75, 3.05) is 50.8 Å². The summed E-state index contributed by atoms with van der Waals surface area (Å²) in [6, 6.07) is 7.96. The zero-order chi connectivity index (χ0) is 19.7. The molecule has 1 atom stereocenters. The van der Waals surface area contributed by atoms with E-state index in [1.165, 1.54) is 0 Å². The number of ether oxygens (including phenoxy) is 1. The van der Waals surface area contributed by atoms with Gasteiger partial charge in [0.25, 0.3) is 0 Å². The fraction of sp³-hybridized carbons (Fsp3) is 0.632. The number of guanidine groups is 1. The van der Waals surface area contributed by atoms with E-state index in [0.29, 0.717) is 19.6 Å². The molecular weight excluding hydrogens is 491 g/mol. The molecule has 0 aromatic heterocycles. The van der Waals surface area contributed by atoms with Crippen LogP contribution in [0.5, 0.6) is 5.75 Å². The molecule has 9 heteroatoms. The standard InChI is InChI=1S/C19H32N4O3S.HI/c1-4-20-19(21-9-10-23-11-13-27(24,25)14-12-23)22-15-17(3)26-18-8-6-5-7-16(18)2;/h5-8,17H,4,9-15H2,1-3H3,(H2,20,21,22);1H. The van der Waals surface area contributed by atoms with Gasteiger partial charge in [0.05, 0.1) is 18.1 Å². The highest BCUT2D eigenvalue weighted by molar-refractivity contribution is 14.0. The minimum Gasteiger partial charge on any atom is -0.489 e. The molecule has 7 nitrogen and oxygen atoms in total. The molecule has 1 heterocycles. The molecule has 0 bridgehead atoms. The number of hydrogen-bond donors (Lipinski definition) is 2. The largest absolute Gasteiger partial charge is 0.489 e. The Morgan fingerprint density at radius 3 is 2.57 bits per heavy atom. The Morgan fingerprint density at radius 2 is 1.93 bits per heavy atom. The van der Waals surface area contributed by atoms with Crippen molar-refractivity contribution in [1.29, 1.82) is 0 Å². The van der Waals surface area contributed by atoms with E-state index in [-0.39, 0.29) is 41.6 Å². The van der Waals surface area contributed by atoms with E-state index in [0.717, 1.165) is 36.9 Å². The molecule has 1 aromatic rings. The van der Waals surface area contributed by atoms with Crippen molar-refractivity contribution in [3.8, 4) is 5.75 Å². The zero-order valence-corrected chi connectivity index (χ0v) is 20.1. The van der Waals surface area contributed by atoms with Crippen LogP contribution in [0.3, 0.4) is 0 Å². The molecule has 1 aromatic carbocycles. The highest BCUT2D eigenvalue weighted by atomic mass is 127. The molecule has 2 rings (SSSR count). The predicted octanol–water partition coefficient (Wildman–Crippen LogP) is 1.67. The molecule has 1 saturated heterocycles. The number of nitrogens with one attached hydrogen (secondary N) is 2. The summed E-state index contributed by atoms with van der Waals surface area (Å²) in [7, 11) is -2.82. The van der Waals surface area contributed by atoms with Gasteiger partial charge in [0.15, 0.2) is 15.8 Å². The molecule has 1 unspecified atom stereocenters. The van der Waals surface area contributed by atoms with Crippen molar-refractivity contribution in [2.45, 2.75) is 26.9 Å². The average Bonchev–Trinajstić information content (AvgIpc) is 2.63. The highest BCUT2D eigenvalue weighted by Gasteiger charge is 2.20. The summed E-state index contributed by atoms with van der Waals surface area (Å²) in [6.07, 6.45) is -0.0335. The lowest BCUT2D eigenvalue weighted by molar-refractivity contribution is 0.228. The van der Waals surface area contributed by atoms with E-state index < -0.39 is 9.84 Å². The van der Waals surface area contributed by atoms with Crippen molar-refractivity contribution in [3.63, 3.8) is 0 Å². The maximum atomic E-state index is 11.5. The molecule has 1 fully saturated rings. The molecule has 160 valence electrons. The van der Waals surface area contributed by atoms with Crippen LogP contribution in [0.2, 0.25) is 0 Å². The molecule has 2 N–H and O–H groups in total. The monoisotopic (exact) mass is 524 g/mol. The third kappa shape index (κ3) is 8.95. The minimum atomic E-state index is -2.82. The van der Waals surface area contributed by atoms with Crippen LogP contribution in [-0.4, -0.2) is 76.2 Å². The summed E-state index contributed by atoms with van der Waals surface area (Å²) >= 11 is 0. The van der Waals surface area contributed by atoms with Gasteiger partial charge >= 0.3 is 0 Å². The highest BCUT2D eigenvalue weighted by Crippen LogP contribution is 2.17. The summed E-state index contributed by atoms with van der Waals surface area (Å²) in [5, 5.41) is 6.54. The number of aliphatic imine (C=N–C) groups is 1. The maximum absolute atomic E-state index is 11.5.